The Morgan fingerprint density at radius 1 is 0.722 bits per heavy atom. The summed E-state index contributed by atoms with van der Waals surface area (Å²) < 4.78 is 10.9. The molecule has 0 radical (unpaired) electrons. The molecule has 1 fully saturated rings. The van der Waals surface area contributed by atoms with Gasteiger partial charge in [-0.05, 0) is 74.8 Å². The van der Waals surface area contributed by atoms with E-state index in [0.29, 0.717) is 18.7 Å². The molecule has 0 spiro atoms. The minimum absolute atomic E-state index is 0.0550. The number of rotatable bonds is 14. The Morgan fingerprint density at radius 3 is 1.76 bits per heavy atom. The van der Waals surface area contributed by atoms with Gasteiger partial charge in [0.2, 0.25) is 11.8 Å². The zero-order chi connectivity index (χ0) is 38.7. The molecule has 1 saturated heterocycles. The number of nitrogens with zero attached hydrogens (tertiary/aromatic N) is 6. The summed E-state index contributed by atoms with van der Waals surface area (Å²) in [7, 11) is 3.33. The molecule has 0 N–H and O–H groups in total. The first-order valence-electron chi connectivity index (χ1n) is 19.9. The van der Waals surface area contributed by atoms with E-state index in [2.05, 4.69) is 55.7 Å². The largest absolute Gasteiger partial charge is 0.495 e. The fraction of sp³-hybridized carbons (Fsp3) is 0.581. The Morgan fingerprint density at radius 2 is 1.26 bits per heavy atom. The number of carbonyl (C=O) groups is 2. The van der Waals surface area contributed by atoms with Crippen LogP contribution in [0.15, 0.2) is 42.5 Å². The first-order valence-corrected chi connectivity index (χ1v) is 20.5. The van der Waals surface area contributed by atoms with Gasteiger partial charge in [-0.25, -0.2) is 9.97 Å². The van der Waals surface area contributed by atoms with E-state index >= 15 is 0 Å². The average Bonchev–Trinajstić information content (AvgIpc) is 3.17. The van der Waals surface area contributed by atoms with Gasteiger partial charge in [-0.1, -0.05) is 58.4 Å². The molecule has 2 amide bonds. The monoisotopic (exact) mass is 760 g/mol. The van der Waals surface area contributed by atoms with Crippen molar-refractivity contribution in [2.24, 2.45) is 0 Å². The number of amides is 2. The number of anilines is 3. The second-order valence-corrected chi connectivity index (χ2v) is 15.9. The molecule has 10 nitrogen and oxygen atoms in total. The lowest BCUT2D eigenvalue weighted by Gasteiger charge is -2.36. The zero-order valence-corrected chi connectivity index (χ0v) is 34.2. The van der Waals surface area contributed by atoms with Gasteiger partial charge in [-0.3, -0.25) is 14.5 Å². The number of aromatic nitrogens is 2. The van der Waals surface area contributed by atoms with Crippen LogP contribution < -0.4 is 24.2 Å². The van der Waals surface area contributed by atoms with Gasteiger partial charge < -0.3 is 24.2 Å². The number of aryl methyl sites for hydroxylation is 3. The molecule has 2 aromatic carbocycles. The molecule has 0 saturated carbocycles. The summed E-state index contributed by atoms with van der Waals surface area (Å²) in [6, 6.07) is 14.2. The predicted octanol–water partition coefficient (Wildman–Crippen LogP) is 7.61. The van der Waals surface area contributed by atoms with Crippen LogP contribution in [0.5, 0.6) is 11.5 Å². The summed E-state index contributed by atoms with van der Waals surface area (Å²) in [6.07, 6.45) is 8.78. The molecule has 3 aromatic rings. The van der Waals surface area contributed by atoms with Crippen LogP contribution in [0.3, 0.4) is 0 Å². The summed E-state index contributed by atoms with van der Waals surface area (Å²) in [5, 5.41) is 0. The summed E-state index contributed by atoms with van der Waals surface area (Å²) in [4.78, 5) is 43.3. The van der Waals surface area contributed by atoms with E-state index in [4.69, 9.17) is 31.0 Å². The van der Waals surface area contributed by atoms with E-state index in [0.717, 1.165) is 137 Å². The van der Waals surface area contributed by atoms with Gasteiger partial charge in [0.05, 0.1) is 25.6 Å². The van der Waals surface area contributed by atoms with E-state index < -0.39 is 0 Å². The highest BCUT2D eigenvalue weighted by Crippen LogP contribution is 2.38. The van der Waals surface area contributed by atoms with Crippen molar-refractivity contribution in [2.75, 3.05) is 80.6 Å². The molecule has 0 unspecified atom stereocenters. The molecule has 3 aliphatic heterocycles. The van der Waals surface area contributed by atoms with Crippen molar-refractivity contribution in [2.45, 2.75) is 97.3 Å². The summed E-state index contributed by atoms with van der Waals surface area (Å²) in [5.41, 5.74) is 5.44. The van der Waals surface area contributed by atoms with Gasteiger partial charge in [0, 0.05) is 75.2 Å². The van der Waals surface area contributed by atoms with Gasteiger partial charge in [0.15, 0.2) is 0 Å². The molecular formula is C43H61ClN6O4. The number of hydrogen-bond donors (Lipinski definition) is 0. The molecule has 6 rings (SSSR count). The number of benzene rings is 2. The smallest absolute Gasteiger partial charge is 0.227 e. The fourth-order valence-corrected chi connectivity index (χ4v) is 7.68. The average molecular weight is 761 g/mol. The number of methoxy groups -OCH3 is 2. The third kappa shape index (κ3) is 10.4. The Hall–Kier alpha value is -3.89. The van der Waals surface area contributed by atoms with Crippen LogP contribution in [-0.2, 0) is 34.3 Å². The highest BCUT2D eigenvalue weighted by molar-refractivity contribution is 6.17. The second-order valence-electron chi connectivity index (χ2n) is 15.5. The van der Waals surface area contributed by atoms with Gasteiger partial charge in [-0.2, -0.15) is 0 Å². The van der Waals surface area contributed by atoms with E-state index in [-0.39, 0.29) is 17.2 Å². The third-order valence-electron chi connectivity index (χ3n) is 10.5. The number of halogens is 1. The van der Waals surface area contributed by atoms with Gasteiger partial charge >= 0.3 is 0 Å². The Kier molecular flexibility index (Phi) is 15.0. The molecule has 4 heterocycles. The summed E-state index contributed by atoms with van der Waals surface area (Å²) in [6.45, 7) is 15.4. The highest BCUT2D eigenvalue weighted by Gasteiger charge is 2.28. The van der Waals surface area contributed by atoms with E-state index in [9.17, 15) is 9.59 Å². The molecule has 54 heavy (non-hydrogen) atoms. The van der Waals surface area contributed by atoms with Crippen molar-refractivity contribution in [3.63, 3.8) is 0 Å². The quantitative estimate of drug-likeness (QED) is 0.123. The molecular weight excluding hydrogens is 700 g/mol. The molecule has 294 valence electrons. The van der Waals surface area contributed by atoms with Gasteiger partial charge in [-0.15, -0.1) is 11.6 Å². The number of para-hydroxylation sites is 2. The van der Waals surface area contributed by atoms with Crippen LogP contribution in [-0.4, -0.2) is 92.6 Å². The lowest BCUT2D eigenvalue weighted by atomic mass is 9.95. The number of alkyl halides is 1. The van der Waals surface area contributed by atoms with Crippen molar-refractivity contribution >= 4 is 40.6 Å². The number of carbonyl (C=O) groups excluding carboxylic acids is 2. The van der Waals surface area contributed by atoms with E-state index in [1.807, 2.05) is 34.1 Å². The maximum atomic E-state index is 12.7. The Labute approximate surface area is 328 Å². The minimum atomic E-state index is -0.0550. The SMILES string of the molecule is CCCc1cc(N2CCN(CCCCN3C(=O)CCc4cccc(OC)c43)CC2)nc(C(C)(C)C)n1.COc1cccc2c1N(CCCCCl)C(=O)CC2. The summed E-state index contributed by atoms with van der Waals surface area (Å²) >= 11 is 5.69. The van der Waals surface area contributed by atoms with Crippen molar-refractivity contribution < 1.29 is 19.1 Å². The summed E-state index contributed by atoms with van der Waals surface area (Å²) in [5.74, 6) is 4.64. The first kappa shape index (κ1) is 41.3. The fourth-order valence-electron chi connectivity index (χ4n) is 7.49. The standard InChI is InChI=1S/C29H43N5O2.C14H18ClNO2/c1-6-10-23-21-25(31-28(30-23)29(2,3)4)33-19-17-32(18-20-33)15-7-8-16-34-26(35)14-13-22-11-9-12-24(36-5)27(22)34;1-18-12-6-4-5-11-7-8-13(17)16(14(11)12)10-3-2-9-15/h9,11-12,21H,6-8,10,13-20H2,1-5H3;4-6H,2-3,7-10H2,1H3. The highest BCUT2D eigenvalue weighted by atomic mass is 35.5. The van der Waals surface area contributed by atoms with E-state index in [1.165, 1.54) is 11.1 Å². The van der Waals surface area contributed by atoms with Crippen LogP contribution in [0, 0.1) is 0 Å². The van der Waals surface area contributed by atoms with Gasteiger partial charge in [0.1, 0.15) is 23.1 Å². The predicted molar refractivity (Wildman–Crippen MR) is 220 cm³/mol. The van der Waals surface area contributed by atoms with Crippen LogP contribution in [0.1, 0.15) is 95.3 Å². The normalized spacial score (nSPS) is 16.1. The van der Waals surface area contributed by atoms with Crippen LogP contribution >= 0.6 is 11.6 Å². The van der Waals surface area contributed by atoms with Gasteiger partial charge in [0.25, 0.3) is 0 Å². The van der Waals surface area contributed by atoms with Crippen molar-refractivity contribution in [1.82, 2.24) is 14.9 Å². The molecule has 0 atom stereocenters. The lowest BCUT2D eigenvalue weighted by Crippen LogP contribution is -2.47. The maximum absolute atomic E-state index is 12.7. The molecule has 0 bridgehead atoms. The number of piperazine rings is 1. The van der Waals surface area contributed by atoms with Crippen molar-refractivity contribution in [3.05, 3.63) is 65.1 Å². The number of unbranched alkanes of at least 4 members (excludes halogenated alkanes) is 2. The van der Waals surface area contributed by atoms with Crippen molar-refractivity contribution in [1.29, 1.82) is 0 Å². The van der Waals surface area contributed by atoms with Crippen LogP contribution in [0.25, 0.3) is 0 Å². The molecule has 3 aliphatic rings. The molecule has 11 heteroatoms. The number of hydrogen-bond acceptors (Lipinski definition) is 8. The Balaban J connectivity index is 0.000000260. The number of ether oxygens (including phenoxy) is 2. The third-order valence-corrected chi connectivity index (χ3v) is 10.7. The maximum Gasteiger partial charge on any atom is 0.227 e. The Bertz CT molecular complexity index is 1680. The lowest BCUT2D eigenvalue weighted by molar-refractivity contribution is -0.119. The van der Waals surface area contributed by atoms with Crippen LogP contribution in [0.2, 0.25) is 0 Å². The number of fused-ring (bicyclic) bond motifs is 2. The first-order chi connectivity index (χ1) is 26.1. The molecule has 0 aliphatic carbocycles. The minimum Gasteiger partial charge on any atom is -0.495 e. The second kappa shape index (κ2) is 19.6. The van der Waals surface area contributed by atoms with Crippen LogP contribution in [0.4, 0.5) is 17.2 Å². The van der Waals surface area contributed by atoms with Crippen molar-refractivity contribution in [3.8, 4) is 11.5 Å². The topological polar surface area (TPSA) is 91.3 Å². The van der Waals surface area contributed by atoms with E-state index in [1.54, 1.807) is 14.2 Å². The molecule has 1 aromatic heterocycles. The zero-order valence-electron chi connectivity index (χ0n) is 33.5.